The molecule has 0 bridgehead atoms. The van der Waals surface area contributed by atoms with Crippen molar-refractivity contribution >= 4 is 21.8 Å². The molecule has 1 unspecified atom stereocenters. The van der Waals surface area contributed by atoms with Crippen LogP contribution in [0.3, 0.4) is 0 Å². The highest BCUT2D eigenvalue weighted by molar-refractivity contribution is 9.10. The molecular formula is C15H18BrN3O. The first-order chi connectivity index (χ1) is 9.67. The molecule has 1 aromatic carbocycles. The van der Waals surface area contributed by atoms with Crippen LogP contribution in [0.2, 0.25) is 0 Å². The Morgan fingerprint density at radius 2 is 2.00 bits per heavy atom. The summed E-state index contributed by atoms with van der Waals surface area (Å²) in [6.07, 6.45) is 0.828. The normalized spacial score (nSPS) is 17.6. The Morgan fingerprint density at radius 1 is 1.35 bits per heavy atom. The highest BCUT2D eigenvalue weighted by atomic mass is 79.9. The highest BCUT2D eigenvalue weighted by Gasteiger charge is 2.26. The van der Waals surface area contributed by atoms with Crippen LogP contribution >= 0.6 is 15.9 Å². The zero-order valence-corrected chi connectivity index (χ0v) is 13.1. The number of halogens is 1. The van der Waals surface area contributed by atoms with Crippen LogP contribution in [0.25, 0.3) is 0 Å². The number of benzene rings is 1. The summed E-state index contributed by atoms with van der Waals surface area (Å²) in [5, 5.41) is 9.09. The molecule has 106 valence electrons. The number of hydrogen-bond acceptors (Lipinski definition) is 3. The fourth-order valence-electron chi connectivity index (χ4n) is 2.47. The number of carbonyl (C=O) groups is 1. The standard InChI is InChI=1S/C15H18BrN3O/c1-2-12(11-17)18-7-9-19(10-8-18)15(20)13-5-3-4-6-14(13)16/h3-6,12H,2,7-10H2,1H3. The quantitative estimate of drug-likeness (QED) is 0.852. The van der Waals surface area contributed by atoms with E-state index in [1.807, 2.05) is 36.1 Å². The average molecular weight is 336 g/mol. The highest BCUT2D eigenvalue weighted by Crippen LogP contribution is 2.19. The van der Waals surface area contributed by atoms with E-state index in [2.05, 4.69) is 26.9 Å². The van der Waals surface area contributed by atoms with Gasteiger partial charge in [0.25, 0.3) is 5.91 Å². The first-order valence-electron chi connectivity index (χ1n) is 6.84. The lowest BCUT2D eigenvalue weighted by molar-refractivity contribution is 0.0603. The number of nitrogens with zero attached hydrogens (tertiary/aromatic N) is 3. The van der Waals surface area contributed by atoms with Gasteiger partial charge in [0.1, 0.15) is 0 Å². The Bertz CT molecular complexity index is 518. The van der Waals surface area contributed by atoms with Gasteiger partial charge in [0.15, 0.2) is 0 Å². The molecule has 0 spiro atoms. The molecule has 0 radical (unpaired) electrons. The van der Waals surface area contributed by atoms with Gasteiger partial charge >= 0.3 is 0 Å². The minimum Gasteiger partial charge on any atom is -0.336 e. The van der Waals surface area contributed by atoms with Gasteiger partial charge in [0.2, 0.25) is 0 Å². The Balaban J connectivity index is 1.99. The smallest absolute Gasteiger partial charge is 0.255 e. The summed E-state index contributed by atoms with van der Waals surface area (Å²) in [6.45, 7) is 4.91. The predicted octanol–water partition coefficient (Wildman–Crippen LogP) is 2.51. The molecule has 2 rings (SSSR count). The van der Waals surface area contributed by atoms with Crippen LogP contribution in [0.4, 0.5) is 0 Å². The van der Waals surface area contributed by atoms with Crippen molar-refractivity contribution in [3.8, 4) is 6.07 Å². The lowest BCUT2D eigenvalue weighted by Crippen LogP contribution is -2.51. The maximum Gasteiger partial charge on any atom is 0.255 e. The SMILES string of the molecule is CCC(C#N)N1CCN(C(=O)c2ccccc2Br)CC1. The first-order valence-corrected chi connectivity index (χ1v) is 7.64. The van der Waals surface area contributed by atoms with Crippen molar-refractivity contribution in [2.75, 3.05) is 26.2 Å². The number of rotatable bonds is 3. The second kappa shape index (κ2) is 6.87. The summed E-state index contributed by atoms with van der Waals surface area (Å²) < 4.78 is 0.830. The van der Waals surface area contributed by atoms with Crippen molar-refractivity contribution in [2.45, 2.75) is 19.4 Å². The van der Waals surface area contributed by atoms with Gasteiger partial charge in [-0.3, -0.25) is 9.69 Å². The van der Waals surface area contributed by atoms with Crippen LogP contribution in [-0.2, 0) is 0 Å². The van der Waals surface area contributed by atoms with Crippen molar-refractivity contribution in [3.63, 3.8) is 0 Å². The van der Waals surface area contributed by atoms with Crippen LogP contribution < -0.4 is 0 Å². The van der Waals surface area contributed by atoms with E-state index in [4.69, 9.17) is 5.26 Å². The fraction of sp³-hybridized carbons (Fsp3) is 0.467. The van der Waals surface area contributed by atoms with Gasteiger partial charge in [0, 0.05) is 30.7 Å². The van der Waals surface area contributed by atoms with Crippen molar-refractivity contribution in [3.05, 3.63) is 34.3 Å². The summed E-state index contributed by atoms with van der Waals surface area (Å²) in [4.78, 5) is 16.5. The third kappa shape index (κ3) is 3.20. The van der Waals surface area contributed by atoms with Gasteiger partial charge in [0.05, 0.1) is 17.7 Å². The second-order valence-electron chi connectivity index (χ2n) is 4.86. The zero-order valence-electron chi connectivity index (χ0n) is 11.6. The molecule has 4 nitrogen and oxygen atoms in total. The van der Waals surface area contributed by atoms with Crippen LogP contribution in [0.15, 0.2) is 28.7 Å². The topological polar surface area (TPSA) is 47.3 Å². The Hall–Kier alpha value is -1.38. The first kappa shape index (κ1) is 15.0. The molecule has 0 N–H and O–H groups in total. The molecule has 1 aliphatic heterocycles. The molecule has 5 heteroatoms. The molecule has 0 aliphatic carbocycles. The van der Waals surface area contributed by atoms with Crippen molar-refractivity contribution in [2.24, 2.45) is 0 Å². The molecule has 1 heterocycles. The molecular weight excluding hydrogens is 318 g/mol. The van der Waals surface area contributed by atoms with Gasteiger partial charge in [-0.25, -0.2) is 0 Å². The van der Waals surface area contributed by atoms with E-state index in [1.54, 1.807) is 0 Å². The summed E-state index contributed by atoms with van der Waals surface area (Å²) >= 11 is 3.42. The Labute approximate surface area is 128 Å². The average Bonchev–Trinajstić information content (AvgIpc) is 2.49. The summed E-state index contributed by atoms with van der Waals surface area (Å²) in [6, 6.07) is 9.78. The lowest BCUT2D eigenvalue weighted by atomic mass is 10.1. The van der Waals surface area contributed by atoms with E-state index in [9.17, 15) is 4.79 Å². The number of hydrogen-bond donors (Lipinski definition) is 0. The largest absolute Gasteiger partial charge is 0.336 e. The molecule has 0 saturated carbocycles. The zero-order chi connectivity index (χ0) is 14.5. The third-order valence-electron chi connectivity index (χ3n) is 3.68. The van der Waals surface area contributed by atoms with E-state index in [-0.39, 0.29) is 11.9 Å². The number of amides is 1. The van der Waals surface area contributed by atoms with E-state index < -0.39 is 0 Å². The lowest BCUT2D eigenvalue weighted by Gasteiger charge is -2.36. The van der Waals surface area contributed by atoms with Crippen LogP contribution in [0.5, 0.6) is 0 Å². The minimum absolute atomic E-state index is 0.0317. The van der Waals surface area contributed by atoms with Crippen molar-refractivity contribution < 1.29 is 4.79 Å². The third-order valence-corrected chi connectivity index (χ3v) is 4.37. The monoisotopic (exact) mass is 335 g/mol. The number of nitriles is 1. The number of carbonyl (C=O) groups excluding carboxylic acids is 1. The van der Waals surface area contributed by atoms with Crippen molar-refractivity contribution in [1.82, 2.24) is 9.80 Å². The van der Waals surface area contributed by atoms with Crippen LogP contribution in [0.1, 0.15) is 23.7 Å². The van der Waals surface area contributed by atoms with E-state index >= 15 is 0 Å². The molecule has 20 heavy (non-hydrogen) atoms. The predicted molar refractivity (Wildman–Crippen MR) is 81.3 cm³/mol. The molecule has 1 saturated heterocycles. The Kier molecular flexibility index (Phi) is 5.16. The van der Waals surface area contributed by atoms with Gasteiger partial charge < -0.3 is 4.90 Å². The van der Waals surface area contributed by atoms with Gasteiger partial charge in [-0.1, -0.05) is 19.1 Å². The second-order valence-corrected chi connectivity index (χ2v) is 5.72. The van der Waals surface area contributed by atoms with Gasteiger partial charge in [-0.15, -0.1) is 0 Å². The maximum atomic E-state index is 12.4. The van der Waals surface area contributed by atoms with Gasteiger partial charge in [-0.2, -0.15) is 5.26 Å². The van der Waals surface area contributed by atoms with E-state index in [0.717, 1.165) is 24.0 Å². The van der Waals surface area contributed by atoms with Crippen LogP contribution in [-0.4, -0.2) is 47.9 Å². The summed E-state index contributed by atoms with van der Waals surface area (Å²) in [5.74, 6) is 0.0575. The van der Waals surface area contributed by atoms with E-state index in [1.165, 1.54) is 0 Å². The summed E-state index contributed by atoms with van der Waals surface area (Å²) in [5.41, 5.74) is 0.702. The van der Waals surface area contributed by atoms with E-state index in [0.29, 0.717) is 18.7 Å². The molecule has 1 aliphatic rings. The fourth-order valence-corrected chi connectivity index (χ4v) is 2.93. The maximum absolute atomic E-state index is 12.4. The van der Waals surface area contributed by atoms with Crippen molar-refractivity contribution in [1.29, 1.82) is 5.26 Å². The Morgan fingerprint density at radius 3 is 2.55 bits per heavy atom. The van der Waals surface area contributed by atoms with Crippen LogP contribution in [0, 0.1) is 11.3 Å². The molecule has 1 fully saturated rings. The molecule has 1 aromatic rings. The molecule has 1 atom stereocenters. The molecule has 1 amide bonds. The molecule has 0 aromatic heterocycles. The van der Waals surface area contributed by atoms with Gasteiger partial charge in [-0.05, 0) is 34.5 Å². The number of piperazine rings is 1. The summed E-state index contributed by atoms with van der Waals surface area (Å²) in [7, 11) is 0. The minimum atomic E-state index is -0.0317.